The largest absolute Gasteiger partial charge is 0.495 e. The normalized spacial score (nSPS) is 16.5. The summed E-state index contributed by atoms with van der Waals surface area (Å²) in [4.78, 5) is 32.5. The van der Waals surface area contributed by atoms with Gasteiger partial charge in [0.05, 0.1) is 24.1 Å². The van der Waals surface area contributed by atoms with Crippen LogP contribution in [0.2, 0.25) is 0 Å². The third-order valence-corrected chi connectivity index (χ3v) is 6.23. The van der Waals surface area contributed by atoms with Crippen LogP contribution in [0.25, 0.3) is 5.57 Å². The molecule has 0 radical (unpaired) electrons. The summed E-state index contributed by atoms with van der Waals surface area (Å²) >= 11 is 0. The lowest BCUT2D eigenvalue weighted by Gasteiger charge is -2.38. The summed E-state index contributed by atoms with van der Waals surface area (Å²) in [6.45, 7) is 2.43. The lowest BCUT2D eigenvalue weighted by Crippen LogP contribution is -2.47. The van der Waals surface area contributed by atoms with Crippen molar-refractivity contribution in [1.82, 2.24) is 4.90 Å². The van der Waals surface area contributed by atoms with Gasteiger partial charge in [-0.25, -0.2) is 9.29 Å². The molecule has 0 atom stereocenters. The van der Waals surface area contributed by atoms with Crippen LogP contribution in [0.15, 0.2) is 84.6 Å². The van der Waals surface area contributed by atoms with Crippen molar-refractivity contribution in [1.29, 1.82) is 0 Å². The Hall–Kier alpha value is -4.13. The minimum absolute atomic E-state index is 0.305. The predicted octanol–water partition coefficient (Wildman–Crippen LogP) is 3.94. The highest BCUT2D eigenvalue weighted by atomic mass is 19.1. The fourth-order valence-electron chi connectivity index (χ4n) is 4.56. The van der Waals surface area contributed by atoms with Crippen LogP contribution >= 0.6 is 0 Å². The number of hydrogen-bond donors (Lipinski definition) is 0. The number of ether oxygens (including phenoxy) is 1. The van der Waals surface area contributed by atoms with Crippen LogP contribution in [0.4, 0.5) is 15.8 Å². The van der Waals surface area contributed by atoms with Crippen LogP contribution in [0.1, 0.15) is 5.56 Å². The first-order valence-corrected chi connectivity index (χ1v) is 11.2. The molecule has 34 heavy (non-hydrogen) atoms. The van der Waals surface area contributed by atoms with E-state index < -0.39 is 11.7 Å². The maximum absolute atomic E-state index is 13.6. The van der Waals surface area contributed by atoms with Gasteiger partial charge in [0.15, 0.2) is 0 Å². The molecular weight excluding hydrogens is 433 g/mol. The second kappa shape index (κ2) is 9.02. The Kier molecular flexibility index (Phi) is 5.76. The van der Waals surface area contributed by atoms with Crippen LogP contribution < -0.4 is 14.5 Å². The maximum atomic E-state index is 13.6. The zero-order chi connectivity index (χ0) is 23.7. The van der Waals surface area contributed by atoms with Gasteiger partial charge in [0.25, 0.3) is 11.8 Å². The van der Waals surface area contributed by atoms with E-state index in [1.807, 2.05) is 35.2 Å². The van der Waals surface area contributed by atoms with Gasteiger partial charge >= 0.3 is 0 Å². The van der Waals surface area contributed by atoms with Gasteiger partial charge in [0.2, 0.25) is 0 Å². The van der Waals surface area contributed by atoms with Gasteiger partial charge in [-0.3, -0.25) is 9.59 Å². The Morgan fingerprint density at radius 1 is 0.735 bits per heavy atom. The maximum Gasteiger partial charge on any atom is 0.282 e. The van der Waals surface area contributed by atoms with Crippen molar-refractivity contribution in [3.05, 3.63) is 95.9 Å². The zero-order valence-electron chi connectivity index (χ0n) is 18.8. The second-order valence-corrected chi connectivity index (χ2v) is 8.16. The number of hydrogen-bond acceptors (Lipinski definition) is 5. The van der Waals surface area contributed by atoms with Crippen LogP contribution in [0.3, 0.4) is 0 Å². The third-order valence-electron chi connectivity index (χ3n) is 6.23. The van der Waals surface area contributed by atoms with E-state index in [1.54, 1.807) is 43.5 Å². The molecule has 1 saturated heterocycles. The lowest BCUT2D eigenvalue weighted by molar-refractivity contribution is -0.120. The van der Waals surface area contributed by atoms with Crippen molar-refractivity contribution in [2.24, 2.45) is 0 Å². The molecule has 6 nitrogen and oxygen atoms in total. The first-order chi connectivity index (χ1) is 16.6. The molecule has 2 amide bonds. The molecular formula is C27H24FN3O3. The zero-order valence-corrected chi connectivity index (χ0v) is 18.8. The number of rotatable bonds is 5. The summed E-state index contributed by atoms with van der Waals surface area (Å²) in [7, 11) is 1.65. The molecule has 2 aliphatic heterocycles. The van der Waals surface area contributed by atoms with Crippen LogP contribution in [-0.4, -0.2) is 50.0 Å². The number of piperazine rings is 1. The first kappa shape index (κ1) is 21.7. The predicted molar refractivity (Wildman–Crippen MR) is 129 cm³/mol. The van der Waals surface area contributed by atoms with Gasteiger partial charge in [-0.2, -0.15) is 0 Å². The number of benzene rings is 3. The van der Waals surface area contributed by atoms with E-state index in [0.29, 0.717) is 48.7 Å². The molecule has 0 unspecified atom stereocenters. The Labute approximate surface area is 197 Å². The minimum Gasteiger partial charge on any atom is -0.495 e. The van der Waals surface area contributed by atoms with Gasteiger partial charge in [0, 0.05) is 26.2 Å². The fourth-order valence-corrected chi connectivity index (χ4v) is 4.56. The minimum atomic E-state index is -0.398. The Morgan fingerprint density at radius 2 is 1.35 bits per heavy atom. The van der Waals surface area contributed by atoms with Crippen molar-refractivity contribution in [3.63, 3.8) is 0 Å². The molecule has 0 aromatic heterocycles. The Bertz CT molecular complexity index is 1250. The summed E-state index contributed by atoms with van der Waals surface area (Å²) in [5.74, 6) is -0.358. The van der Waals surface area contributed by atoms with Crippen molar-refractivity contribution in [3.8, 4) is 5.75 Å². The molecule has 2 aliphatic rings. The average Bonchev–Trinajstić information content (AvgIpc) is 3.14. The number of methoxy groups -OCH3 is 1. The topological polar surface area (TPSA) is 53.1 Å². The first-order valence-electron chi connectivity index (χ1n) is 11.2. The highest BCUT2D eigenvalue weighted by Crippen LogP contribution is 2.36. The van der Waals surface area contributed by atoms with Gasteiger partial charge in [-0.1, -0.05) is 42.5 Å². The average molecular weight is 458 g/mol. The Balaban J connectivity index is 1.49. The number of anilines is 2. The summed E-state index contributed by atoms with van der Waals surface area (Å²) in [5, 5.41) is 0. The highest BCUT2D eigenvalue weighted by molar-refractivity contribution is 6.45. The summed E-state index contributed by atoms with van der Waals surface area (Å²) in [6, 6.07) is 22.4. The molecule has 7 heteroatoms. The van der Waals surface area contributed by atoms with E-state index in [2.05, 4.69) is 4.90 Å². The number of para-hydroxylation sites is 3. The van der Waals surface area contributed by atoms with E-state index in [9.17, 15) is 14.0 Å². The van der Waals surface area contributed by atoms with E-state index in [1.165, 1.54) is 17.0 Å². The number of nitrogens with zero attached hydrogens (tertiary/aromatic N) is 3. The Morgan fingerprint density at radius 3 is 2.03 bits per heavy atom. The van der Waals surface area contributed by atoms with Crippen molar-refractivity contribution in [2.75, 3.05) is 43.1 Å². The summed E-state index contributed by atoms with van der Waals surface area (Å²) < 4.78 is 19.1. The van der Waals surface area contributed by atoms with Gasteiger partial charge < -0.3 is 14.5 Å². The number of imide groups is 1. The van der Waals surface area contributed by atoms with Crippen molar-refractivity contribution < 1.29 is 18.7 Å². The summed E-state index contributed by atoms with van der Waals surface area (Å²) in [5.41, 5.74) is 2.71. The molecule has 0 N–H and O–H groups in total. The number of amides is 2. The monoisotopic (exact) mass is 457 g/mol. The smallest absolute Gasteiger partial charge is 0.282 e. The molecule has 1 fully saturated rings. The van der Waals surface area contributed by atoms with Crippen LogP contribution in [-0.2, 0) is 9.59 Å². The van der Waals surface area contributed by atoms with E-state index in [0.717, 1.165) is 11.4 Å². The number of carbonyl (C=O) groups excluding carboxylic acids is 2. The van der Waals surface area contributed by atoms with Crippen molar-refractivity contribution >= 4 is 28.8 Å². The SMILES string of the molecule is COc1ccccc1N1CCN(C2=C(c3ccc(F)cc3)C(=O)N(c3ccccc3)C2=O)CC1. The second-order valence-electron chi connectivity index (χ2n) is 8.16. The molecule has 0 aliphatic carbocycles. The van der Waals surface area contributed by atoms with Crippen LogP contribution in [0, 0.1) is 5.82 Å². The van der Waals surface area contributed by atoms with E-state index in [-0.39, 0.29) is 5.91 Å². The molecule has 0 bridgehead atoms. The van der Waals surface area contributed by atoms with Crippen molar-refractivity contribution in [2.45, 2.75) is 0 Å². The van der Waals surface area contributed by atoms with Crippen LogP contribution in [0.5, 0.6) is 5.75 Å². The lowest BCUT2D eigenvalue weighted by atomic mass is 10.0. The molecule has 172 valence electrons. The highest BCUT2D eigenvalue weighted by Gasteiger charge is 2.43. The van der Waals surface area contributed by atoms with Gasteiger partial charge in [-0.15, -0.1) is 0 Å². The fraction of sp³-hybridized carbons (Fsp3) is 0.185. The molecule has 3 aromatic rings. The van der Waals surface area contributed by atoms with Gasteiger partial charge in [-0.05, 0) is 42.0 Å². The standard InChI is InChI=1S/C27H24FN3O3/c1-34-23-10-6-5-9-22(23)29-15-17-30(18-16-29)25-24(19-11-13-20(28)14-12-19)26(32)31(27(25)33)21-7-3-2-4-8-21/h2-14H,15-18H2,1H3. The number of carbonyl (C=O) groups is 2. The number of halogens is 1. The molecule has 3 aromatic carbocycles. The molecule has 0 saturated carbocycles. The molecule has 0 spiro atoms. The third kappa shape index (κ3) is 3.79. The van der Waals surface area contributed by atoms with E-state index in [4.69, 9.17) is 4.74 Å². The summed E-state index contributed by atoms with van der Waals surface area (Å²) in [6.07, 6.45) is 0. The quantitative estimate of drug-likeness (QED) is 0.544. The van der Waals surface area contributed by atoms with E-state index >= 15 is 0 Å². The molecule has 2 heterocycles. The molecule has 5 rings (SSSR count). The van der Waals surface area contributed by atoms with Gasteiger partial charge in [0.1, 0.15) is 17.3 Å².